The fourth-order valence-corrected chi connectivity index (χ4v) is 4.51. The van der Waals surface area contributed by atoms with Crippen molar-refractivity contribution in [1.29, 1.82) is 0 Å². The molecule has 1 atom stereocenters. The highest BCUT2D eigenvalue weighted by Gasteiger charge is 2.30. The average molecular weight is 426 g/mol. The first-order valence-corrected chi connectivity index (χ1v) is 10.5. The van der Waals surface area contributed by atoms with Crippen molar-refractivity contribution in [3.63, 3.8) is 0 Å². The number of nitrogens with zero attached hydrogens (tertiary/aromatic N) is 3. The van der Waals surface area contributed by atoms with E-state index >= 15 is 0 Å². The SMILES string of the molecule is CC(Sc1ccc(S(=O)(=O)N2CCN(C)CC2)cn1)C(=O)NCC(F)(F)F. The molecule has 0 spiro atoms. The van der Waals surface area contributed by atoms with E-state index in [0.717, 1.165) is 11.8 Å². The monoisotopic (exact) mass is 426 g/mol. The van der Waals surface area contributed by atoms with E-state index in [1.54, 1.807) is 5.32 Å². The number of sulfonamides is 1. The van der Waals surface area contributed by atoms with Crippen molar-refractivity contribution in [2.75, 3.05) is 39.8 Å². The van der Waals surface area contributed by atoms with Gasteiger partial charge in [0.1, 0.15) is 11.4 Å². The van der Waals surface area contributed by atoms with Gasteiger partial charge in [-0.2, -0.15) is 17.5 Å². The molecule has 12 heteroatoms. The van der Waals surface area contributed by atoms with Crippen LogP contribution in [0.4, 0.5) is 13.2 Å². The second-order valence-electron chi connectivity index (χ2n) is 6.13. The molecule has 2 rings (SSSR count). The molecular weight excluding hydrogens is 405 g/mol. The lowest BCUT2D eigenvalue weighted by molar-refractivity contribution is -0.137. The molecule has 7 nitrogen and oxygen atoms in total. The number of carbonyl (C=O) groups is 1. The van der Waals surface area contributed by atoms with Crippen LogP contribution in [0, 0.1) is 0 Å². The Balaban J connectivity index is 1.97. The minimum Gasteiger partial charge on any atom is -0.346 e. The highest BCUT2D eigenvalue weighted by molar-refractivity contribution is 8.00. The summed E-state index contributed by atoms with van der Waals surface area (Å²) >= 11 is 0.952. The smallest absolute Gasteiger partial charge is 0.346 e. The zero-order chi connectivity index (χ0) is 20.2. The lowest BCUT2D eigenvalue weighted by Gasteiger charge is -2.31. The molecule has 1 unspecified atom stereocenters. The zero-order valence-electron chi connectivity index (χ0n) is 14.9. The predicted molar refractivity (Wildman–Crippen MR) is 94.9 cm³/mol. The molecule has 1 N–H and O–H groups in total. The summed E-state index contributed by atoms with van der Waals surface area (Å²) in [5.41, 5.74) is 0. The van der Waals surface area contributed by atoms with E-state index in [0.29, 0.717) is 31.2 Å². The summed E-state index contributed by atoms with van der Waals surface area (Å²) in [7, 11) is -1.72. The number of aromatic nitrogens is 1. The van der Waals surface area contributed by atoms with Crippen molar-refractivity contribution in [2.45, 2.75) is 28.3 Å². The lowest BCUT2D eigenvalue weighted by atomic mass is 10.4. The van der Waals surface area contributed by atoms with E-state index in [1.807, 2.05) is 11.9 Å². The molecule has 2 heterocycles. The number of alkyl halides is 3. The number of amides is 1. The van der Waals surface area contributed by atoms with E-state index in [2.05, 4.69) is 4.98 Å². The van der Waals surface area contributed by atoms with Gasteiger partial charge in [0, 0.05) is 32.4 Å². The average Bonchev–Trinajstić information content (AvgIpc) is 2.60. The highest BCUT2D eigenvalue weighted by Crippen LogP contribution is 2.24. The molecule has 1 aromatic rings. The molecule has 1 aromatic heterocycles. The van der Waals surface area contributed by atoms with Crippen molar-refractivity contribution >= 4 is 27.7 Å². The molecule has 1 aliphatic heterocycles. The van der Waals surface area contributed by atoms with Crippen LogP contribution in [-0.4, -0.2) is 79.7 Å². The highest BCUT2D eigenvalue weighted by atomic mass is 32.2. The van der Waals surface area contributed by atoms with E-state index < -0.39 is 33.9 Å². The third-order valence-electron chi connectivity index (χ3n) is 3.94. The molecule has 0 radical (unpaired) electrons. The number of halogens is 3. The fraction of sp³-hybridized carbons (Fsp3) is 0.600. The minimum absolute atomic E-state index is 0.0468. The largest absolute Gasteiger partial charge is 0.405 e. The maximum Gasteiger partial charge on any atom is 0.405 e. The summed E-state index contributed by atoms with van der Waals surface area (Å²) < 4.78 is 63.0. The van der Waals surface area contributed by atoms with Gasteiger partial charge in [-0.3, -0.25) is 4.79 Å². The summed E-state index contributed by atoms with van der Waals surface area (Å²) in [5.74, 6) is -0.770. The summed E-state index contributed by atoms with van der Waals surface area (Å²) in [5, 5.41) is 1.35. The van der Waals surface area contributed by atoms with Gasteiger partial charge in [-0.1, -0.05) is 11.8 Å². The molecule has 1 saturated heterocycles. The molecule has 0 aliphatic carbocycles. The van der Waals surface area contributed by atoms with Crippen LogP contribution >= 0.6 is 11.8 Å². The van der Waals surface area contributed by atoms with Crippen LogP contribution in [0.15, 0.2) is 28.3 Å². The number of piperazine rings is 1. The normalized spacial score (nSPS) is 18.3. The Morgan fingerprint density at radius 2 is 1.93 bits per heavy atom. The Hall–Kier alpha value is -1.37. The summed E-state index contributed by atoms with van der Waals surface area (Å²) in [4.78, 5) is 17.8. The van der Waals surface area contributed by atoms with Crippen molar-refractivity contribution in [3.8, 4) is 0 Å². The number of hydrogen-bond acceptors (Lipinski definition) is 6. The van der Waals surface area contributed by atoms with E-state index in [-0.39, 0.29) is 4.90 Å². The Morgan fingerprint density at radius 3 is 2.44 bits per heavy atom. The van der Waals surface area contributed by atoms with Crippen LogP contribution in [-0.2, 0) is 14.8 Å². The molecule has 0 aromatic carbocycles. The topological polar surface area (TPSA) is 82.6 Å². The van der Waals surface area contributed by atoms with Gasteiger partial charge in [0.15, 0.2) is 0 Å². The molecule has 0 saturated carbocycles. The minimum atomic E-state index is -4.47. The molecule has 0 bridgehead atoms. The van der Waals surface area contributed by atoms with Crippen LogP contribution < -0.4 is 5.32 Å². The molecule has 1 aliphatic rings. The molecule has 27 heavy (non-hydrogen) atoms. The maximum absolute atomic E-state index is 12.6. The number of thioether (sulfide) groups is 1. The first kappa shape index (κ1) is 21.9. The summed E-state index contributed by atoms with van der Waals surface area (Å²) in [6, 6.07) is 2.84. The lowest BCUT2D eigenvalue weighted by Crippen LogP contribution is -2.47. The molecular formula is C15H21F3N4O3S2. The van der Waals surface area contributed by atoms with E-state index in [1.165, 1.54) is 29.6 Å². The number of pyridine rings is 1. The van der Waals surface area contributed by atoms with Gasteiger partial charge >= 0.3 is 6.18 Å². The van der Waals surface area contributed by atoms with Crippen molar-refractivity contribution < 1.29 is 26.4 Å². The Bertz CT molecular complexity index is 749. The van der Waals surface area contributed by atoms with Crippen LogP contribution in [0.5, 0.6) is 0 Å². The molecule has 1 amide bonds. The summed E-state index contributed by atoms with van der Waals surface area (Å²) in [6.45, 7) is 2.13. The standard InChI is InChI=1S/C15H21F3N4O3S2/c1-11(14(23)20-10-15(16,17)18)26-13-4-3-12(9-19-13)27(24,25)22-7-5-21(2)6-8-22/h3-4,9,11H,5-8,10H2,1-2H3,(H,20,23). The van der Waals surface area contributed by atoms with Gasteiger partial charge < -0.3 is 10.2 Å². The number of nitrogens with one attached hydrogen (secondary N) is 1. The van der Waals surface area contributed by atoms with Crippen molar-refractivity contribution in [1.82, 2.24) is 19.5 Å². The van der Waals surface area contributed by atoms with Gasteiger partial charge in [0.25, 0.3) is 0 Å². The van der Waals surface area contributed by atoms with Crippen LogP contribution in [0.2, 0.25) is 0 Å². The number of carbonyl (C=O) groups excluding carboxylic acids is 1. The Morgan fingerprint density at radius 1 is 1.30 bits per heavy atom. The third kappa shape index (κ3) is 6.33. The first-order chi connectivity index (χ1) is 12.5. The second kappa shape index (κ2) is 8.76. The first-order valence-electron chi connectivity index (χ1n) is 8.15. The van der Waals surface area contributed by atoms with Crippen molar-refractivity contribution in [2.24, 2.45) is 0 Å². The van der Waals surface area contributed by atoms with Gasteiger partial charge in [0.05, 0.1) is 10.3 Å². The van der Waals surface area contributed by atoms with Gasteiger partial charge in [-0.05, 0) is 26.1 Å². The number of rotatable bonds is 6. The third-order valence-corrected chi connectivity index (χ3v) is 6.87. The summed E-state index contributed by atoms with van der Waals surface area (Å²) in [6.07, 6.45) is -3.27. The fourth-order valence-electron chi connectivity index (χ4n) is 2.33. The van der Waals surface area contributed by atoms with E-state index in [4.69, 9.17) is 0 Å². The molecule has 1 fully saturated rings. The maximum atomic E-state index is 12.6. The van der Waals surface area contributed by atoms with Crippen LogP contribution in [0.3, 0.4) is 0 Å². The number of hydrogen-bond donors (Lipinski definition) is 1. The van der Waals surface area contributed by atoms with Crippen molar-refractivity contribution in [3.05, 3.63) is 18.3 Å². The van der Waals surface area contributed by atoms with Gasteiger partial charge in [0.2, 0.25) is 15.9 Å². The number of likely N-dealkylation sites (N-methyl/N-ethyl adjacent to an activating group) is 1. The zero-order valence-corrected chi connectivity index (χ0v) is 16.5. The Labute approximate surface area is 160 Å². The van der Waals surface area contributed by atoms with Gasteiger partial charge in [-0.15, -0.1) is 0 Å². The van der Waals surface area contributed by atoms with Crippen LogP contribution in [0.25, 0.3) is 0 Å². The quantitative estimate of drug-likeness (QED) is 0.688. The van der Waals surface area contributed by atoms with E-state index in [9.17, 15) is 26.4 Å². The van der Waals surface area contributed by atoms with Gasteiger partial charge in [-0.25, -0.2) is 13.4 Å². The predicted octanol–water partition coefficient (Wildman–Crippen LogP) is 1.18. The van der Waals surface area contributed by atoms with Crippen LogP contribution in [0.1, 0.15) is 6.92 Å². The molecule has 152 valence electrons. The second-order valence-corrected chi connectivity index (χ2v) is 9.43. The Kier molecular flexibility index (Phi) is 7.11.